The van der Waals surface area contributed by atoms with Gasteiger partial charge in [0.25, 0.3) is 0 Å². The van der Waals surface area contributed by atoms with E-state index in [1.54, 1.807) is 0 Å². The molecular weight excluding hydrogens is 739 g/mol. The summed E-state index contributed by atoms with van der Waals surface area (Å²) in [6, 6.07) is 62.3. The van der Waals surface area contributed by atoms with Crippen LogP contribution in [0.25, 0.3) is 44.2 Å². The van der Waals surface area contributed by atoms with Crippen LogP contribution in [0.2, 0.25) is 0 Å². The van der Waals surface area contributed by atoms with Gasteiger partial charge < -0.3 is 14.1 Å². The molecule has 0 radical (unpaired) electrons. The van der Waals surface area contributed by atoms with Crippen LogP contribution in [0.3, 0.4) is 0 Å². The molecular formula is C57H45BN2O. The first-order valence-corrected chi connectivity index (χ1v) is 21.8. The first-order chi connectivity index (χ1) is 29.5. The van der Waals surface area contributed by atoms with E-state index in [-0.39, 0.29) is 17.7 Å². The van der Waals surface area contributed by atoms with Crippen molar-refractivity contribution in [2.24, 2.45) is 0 Å². The van der Waals surface area contributed by atoms with Crippen LogP contribution in [-0.2, 0) is 16.2 Å². The molecule has 0 saturated heterocycles. The van der Waals surface area contributed by atoms with E-state index in [2.05, 4.69) is 215 Å². The lowest BCUT2D eigenvalue weighted by atomic mass is 9.42. The van der Waals surface area contributed by atoms with Crippen LogP contribution in [0.1, 0.15) is 74.9 Å². The minimum absolute atomic E-state index is 0.0291. The second-order valence-electron chi connectivity index (χ2n) is 19.7. The standard InChI is InChI=1S/C57H45BN2O/c1-55(2,3)34-26-28-36(29-27-34)60-49-33-52-41(39-18-9-14-25-51(39)61-52)32-40(49)42-30-35(56(4,5)6)31-50-53(42)58(60)47-23-15-22-46-54(47)59(50)48-24-13-12-21-45(48)57(46)43-19-10-7-16-37(43)38-17-8-11-20-44(38)57/h7-33H,1-6H3. The van der Waals surface area contributed by atoms with Crippen LogP contribution in [0.5, 0.6) is 0 Å². The summed E-state index contributed by atoms with van der Waals surface area (Å²) in [6.07, 6.45) is 0. The van der Waals surface area contributed by atoms with Crippen LogP contribution in [0.15, 0.2) is 168 Å². The maximum Gasteiger partial charge on any atom is 0.333 e. The topological polar surface area (TPSA) is 19.6 Å². The van der Waals surface area contributed by atoms with Crippen LogP contribution in [0.4, 0.5) is 28.4 Å². The van der Waals surface area contributed by atoms with Gasteiger partial charge in [-0.2, -0.15) is 0 Å². The van der Waals surface area contributed by atoms with Gasteiger partial charge in [-0.25, -0.2) is 0 Å². The molecule has 0 unspecified atom stereocenters. The highest BCUT2D eigenvalue weighted by atomic mass is 16.3. The highest BCUT2D eigenvalue weighted by Crippen LogP contribution is 2.64. The van der Waals surface area contributed by atoms with Crippen LogP contribution >= 0.6 is 0 Å². The molecule has 9 aromatic rings. The van der Waals surface area contributed by atoms with Gasteiger partial charge >= 0.3 is 6.85 Å². The Hall–Kier alpha value is -6.78. The molecule has 4 heteroatoms. The Bertz CT molecular complexity index is 3310. The number of furan rings is 1. The number of para-hydroxylation sites is 3. The van der Waals surface area contributed by atoms with E-state index < -0.39 is 5.41 Å². The van der Waals surface area contributed by atoms with Gasteiger partial charge in [-0.15, -0.1) is 0 Å². The van der Waals surface area contributed by atoms with Gasteiger partial charge in [-0.05, 0) is 108 Å². The monoisotopic (exact) mass is 784 g/mol. The Morgan fingerprint density at radius 2 is 1.10 bits per heavy atom. The molecule has 0 bridgehead atoms. The minimum Gasteiger partial charge on any atom is -0.456 e. The minimum atomic E-state index is -0.500. The van der Waals surface area contributed by atoms with Gasteiger partial charge in [0.1, 0.15) is 11.2 Å². The molecule has 1 aromatic heterocycles. The predicted molar refractivity (Wildman–Crippen MR) is 256 cm³/mol. The highest BCUT2D eigenvalue weighted by molar-refractivity contribution is 6.93. The zero-order valence-electron chi connectivity index (χ0n) is 35.5. The van der Waals surface area contributed by atoms with Crippen molar-refractivity contribution in [1.29, 1.82) is 0 Å². The van der Waals surface area contributed by atoms with Crippen molar-refractivity contribution in [1.82, 2.24) is 0 Å². The summed E-state index contributed by atoms with van der Waals surface area (Å²) in [5.41, 5.74) is 23.2. The Balaban J connectivity index is 1.19. The Morgan fingerprint density at radius 3 is 1.82 bits per heavy atom. The van der Waals surface area contributed by atoms with E-state index in [0.29, 0.717) is 0 Å². The second kappa shape index (κ2) is 11.7. The van der Waals surface area contributed by atoms with Crippen LogP contribution in [-0.4, -0.2) is 6.85 Å². The molecule has 4 heterocycles. The summed E-state index contributed by atoms with van der Waals surface area (Å²) < 4.78 is 6.71. The molecule has 0 atom stereocenters. The molecule has 0 saturated carbocycles. The average molecular weight is 785 g/mol. The molecule has 0 N–H and O–H groups in total. The Labute approximate surface area is 358 Å². The second-order valence-corrected chi connectivity index (χ2v) is 19.7. The third kappa shape index (κ3) is 4.45. The fourth-order valence-electron chi connectivity index (χ4n) is 11.6. The molecule has 0 fully saturated rings. The van der Waals surface area contributed by atoms with Gasteiger partial charge in [0.2, 0.25) is 0 Å². The van der Waals surface area contributed by atoms with Crippen molar-refractivity contribution in [3.05, 3.63) is 197 Å². The first-order valence-electron chi connectivity index (χ1n) is 21.8. The SMILES string of the molecule is CC(C)(C)c1ccc(N2B3c4cccc5c4N(c4ccccc4C54c5ccccc5-c5ccccc54)c4cc(C(C)(C)C)cc(c43)-c3cc4c(cc32)oc2ccccc24)cc1. The quantitative estimate of drug-likeness (QED) is 0.155. The summed E-state index contributed by atoms with van der Waals surface area (Å²) >= 11 is 0. The first kappa shape index (κ1) is 35.0. The van der Waals surface area contributed by atoms with Crippen LogP contribution in [0, 0.1) is 0 Å². The maximum absolute atomic E-state index is 6.71. The number of anilines is 5. The molecule has 13 rings (SSSR count). The van der Waals surface area contributed by atoms with Gasteiger partial charge in [-0.3, -0.25) is 0 Å². The molecule has 1 spiro atoms. The zero-order chi connectivity index (χ0) is 41.2. The largest absolute Gasteiger partial charge is 0.456 e. The average Bonchev–Trinajstić information content (AvgIpc) is 3.78. The van der Waals surface area contributed by atoms with Gasteiger partial charge in [0.05, 0.1) is 11.1 Å². The lowest BCUT2D eigenvalue weighted by molar-refractivity contribution is 0.590. The van der Waals surface area contributed by atoms with Crippen molar-refractivity contribution in [2.45, 2.75) is 57.8 Å². The number of fused-ring (bicyclic) bond motifs is 16. The van der Waals surface area contributed by atoms with Crippen molar-refractivity contribution in [3.8, 4) is 22.3 Å². The fraction of sp³-hybridized carbons (Fsp3) is 0.158. The van der Waals surface area contributed by atoms with E-state index in [0.717, 1.165) is 27.6 Å². The molecule has 4 aliphatic rings. The van der Waals surface area contributed by atoms with E-state index >= 15 is 0 Å². The van der Waals surface area contributed by atoms with E-state index in [1.165, 1.54) is 89.3 Å². The molecule has 3 aliphatic heterocycles. The van der Waals surface area contributed by atoms with Crippen molar-refractivity contribution in [3.63, 3.8) is 0 Å². The lowest BCUT2D eigenvalue weighted by Crippen LogP contribution is -2.62. The van der Waals surface area contributed by atoms with E-state index in [1.807, 2.05) is 0 Å². The highest BCUT2D eigenvalue weighted by Gasteiger charge is 2.55. The molecule has 1 aliphatic carbocycles. The number of hydrogen-bond acceptors (Lipinski definition) is 3. The Kier molecular flexibility index (Phi) is 6.74. The zero-order valence-corrected chi connectivity index (χ0v) is 35.5. The maximum atomic E-state index is 6.71. The lowest BCUT2D eigenvalue weighted by Gasteiger charge is -2.51. The third-order valence-corrected chi connectivity index (χ3v) is 14.3. The van der Waals surface area contributed by atoms with E-state index in [9.17, 15) is 0 Å². The van der Waals surface area contributed by atoms with Crippen molar-refractivity contribution >= 4 is 68.1 Å². The van der Waals surface area contributed by atoms with Gasteiger partial charge in [0, 0.05) is 45.2 Å². The third-order valence-electron chi connectivity index (χ3n) is 14.3. The normalized spacial score (nSPS) is 15.1. The molecule has 61 heavy (non-hydrogen) atoms. The van der Waals surface area contributed by atoms with E-state index in [4.69, 9.17) is 4.42 Å². The summed E-state index contributed by atoms with van der Waals surface area (Å²) in [7, 11) is 0. The summed E-state index contributed by atoms with van der Waals surface area (Å²) in [4.78, 5) is 5.28. The fourth-order valence-corrected chi connectivity index (χ4v) is 11.6. The number of benzene rings is 8. The summed E-state index contributed by atoms with van der Waals surface area (Å²) in [5.74, 6) is 0. The van der Waals surface area contributed by atoms with Gasteiger partial charge in [-0.1, -0.05) is 163 Å². The number of rotatable bonds is 1. The number of hydrogen-bond donors (Lipinski definition) is 0. The van der Waals surface area contributed by atoms with Crippen molar-refractivity contribution < 1.29 is 4.42 Å². The molecule has 0 amide bonds. The van der Waals surface area contributed by atoms with Crippen molar-refractivity contribution in [2.75, 3.05) is 9.71 Å². The summed E-state index contributed by atoms with van der Waals surface area (Å²) in [5, 5.41) is 2.29. The number of nitrogens with zero attached hydrogens (tertiary/aromatic N) is 2. The smallest absolute Gasteiger partial charge is 0.333 e. The molecule has 8 aromatic carbocycles. The predicted octanol–water partition coefficient (Wildman–Crippen LogP) is 13.6. The molecule has 292 valence electrons. The van der Waals surface area contributed by atoms with Crippen LogP contribution < -0.4 is 20.6 Å². The Morgan fingerprint density at radius 1 is 0.459 bits per heavy atom. The van der Waals surface area contributed by atoms with Gasteiger partial charge in [0.15, 0.2) is 0 Å². The molecule has 3 nitrogen and oxygen atoms in total. The summed E-state index contributed by atoms with van der Waals surface area (Å²) in [6.45, 7) is 13.8.